The Morgan fingerprint density at radius 1 is 1.04 bits per heavy atom. The molecule has 0 saturated carbocycles. The Bertz CT molecular complexity index is 774. The van der Waals surface area contributed by atoms with E-state index in [4.69, 9.17) is 0 Å². The summed E-state index contributed by atoms with van der Waals surface area (Å²) in [5.41, 5.74) is 0.553. The first-order valence-corrected chi connectivity index (χ1v) is 9.73. The molecule has 1 saturated heterocycles. The fraction of sp³-hybridized carbons (Fsp3) is 0.429. The second kappa shape index (κ2) is 9.30. The van der Waals surface area contributed by atoms with Crippen LogP contribution in [0.25, 0.3) is 0 Å². The van der Waals surface area contributed by atoms with E-state index >= 15 is 0 Å². The fourth-order valence-corrected chi connectivity index (χ4v) is 3.32. The number of anilines is 1. The molecule has 7 heteroatoms. The van der Waals surface area contributed by atoms with Crippen LogP contribution in [0, 0.1) is 5.92 Å². The van der Waals surface area contributed by atoms with Crippen LogP contribution in [0.2, 0.25) is 0 Å². The number of nitrogens with one attached hydrogen (secondary N) is 2. The third-order valence-corrected chi connectivity index (χ3v) is 4.95. The van der Waals surface area contributed by atoms with Crippen molar-refractivity contribution in [2.24, 2.45) is 5.92 Å². The lowest BCUT2D eigenvalue weighted by atomic mass is 10.00. The maximum atomic E-state index is 12.8. The van der Waals surface area contributed by atoms with Gasteiger partial charge in [0.05, 0.1) is 0 Å². The molecule has 2 aromatic rings. The number of hydrogen-bond acceptors (Lipinski definition) is 5. The van der Waals surface area contributed by atoms with Gasteiger partial charge in [-0.25, -0.2) is 9.97 Å². The van der Waals surface area contributed by atoms with Crippen molar-refractivity contribution in [3.63, 3.8) is 0 Å². The van der Waals surface area contributed by atoms with Crippen LogP contribution in [0.1, 0.15) is 37.0 Å². The summed E-state index contributed by atoms with van der Waals surface area (Å²) >= 11 is 0. The zero-order valence-electron chi connectivity index (χ0n) is 16.3. The van der Waals surface area contributed by atoms with E-state index in [1.165, 1.54) is 0 Å². The van der Waals surface area contributed by atoms with Gasteiger partial charge in [0.25, 0.3) is 5.91 Å². The van der Waals surface area contributed by atoms with Gasteiger partial charge in [-0.1, -0.05) is 32.0 Å². The van der Waals surface area contributed by atoms with Gasteiger partial charge in [-0.05, 0) is 37.0 Å². The summed E-state index contributed by atoms with van der Waals surface area (Å²) in [6.45, 7) is 5.45. The van der Waals surface area contributed by atoms with Crippen LogP contribution in [0.5, 0.6) is 0 Å². The number of rotatable bonds is 6. The normalized spacial score (nSPS) is 15.9. The monoisotopic (exact) mass is 381 g/mol. The number of hydrogen-bond donors (Lipinski definition) is 2. The molecule has 0 spiro atoms. The van der Waals surface area contributed by atoms with Crippen molar-refractivity contribution in [2.75, 3.05) is 18.0 Å². The number of amides is 2. The SMILES string of the molecule is CC(C)C(NC(=O)c1ccccc1)C(=O)NC1CCN(c2ncccn2)CC1. The van der Waals surface area contributed by atoms with Crippen LogP contribution in [-0.2, 0) is 4.79 Å². The Labute approximate surface area is 165 Å². The molecule has 148 valence electrons. The van der Waals surface area contributed by atoms with Crippen molar-refractivity contribution in [3.8, 4) is 0 Å². The summed E-state index contributed by atoms with van der Waals surface area (Å²) in [6, 6.07) is 10.3. The van der Waals surface area contributed by atoms with E-state index in [2.05, 4.69) is 25.5 Å². The third-order valence-electron chi connectivity index (χ3n) is 4.95. The van der Waals surface area contributed by atoms with Crippen molar-refractivity contribution in [3.05, 3.63) is 54.4 Å². The topological polar surface area (TPSA) is 87.2 Å². The summed E-state index contributed by atoms with van der Waals surface area (Å²) in [5, 5.41) is 5.98. The van der Waals surface area contributed by atoms with E-state index in [0.717, 1.165) is 31.9 Å². The first kappa shape index (κ1) is 19.8. The molecule has 1 aliphatic heterocycles. The highest BCUT2D eigenvalue weighted by atomic mass is 16.2. The summed E-state index contributed by atoms with van der Waals surface area (Å²) < 4.78 is 0. The Hall–Kier alpha value is -2.96. The molecule has 3 rings (SSSR count). The van der Waals surface area contributed by atoms with E-state index in [-0.39, 0.29) is 23.8 Å². The third kappa shape index (κ3) is 5.06. The number of aromatic nitrogens is 2. The van der Waals surface area contributed by atoms with Gasteiger partial charge in [-0.3, -0.25) is 9.59 Å². The highest BCUT2D eigenvalue weighted by Gasteiger charge is 2.28. The Balaban J connectivity index is 1.54. The zero-order chi connectivity index (χ0) is 19.9. The fourth-order valence-electron chi connectivity index (χ4n) is 3.32. The molecule has 0 radical (unpaired) electrons. The molecule has 7 nitrogen and oxygen atoms in total. The maximum absolute atomic E-state index is 12.8. The smallest absolute Gasteiger partial charge is 0.251 e. The molecule has 0 aliphatic carbocycles. The van der Waals surface area contributed by atoms with Crippen molar-refractivity contribution in [1.82, 2.24) is 20.6 Å². The largest absolute Gasteiger partial charge is 0.351 e. The van der Waals surface area contributed by atoms with E-state index in [1.807, 2.05) is 32.0 Å². The molecule has 0 bridgehead atoms. The van der Waals surface area contributed by atoms with Crippen molar-refractivity contribution >= 4 is 17.8 Å². The Morgan fingerprint density at radius 3 is 2.29 bits per heavy atom. The number of carbonyl (C=O) groups is 2. The Morgan fingerprint density at radius 2 is 1.68 bits per heavy atom. The Kier molecular flexibility index (Phi) is 6.57. The average molecular weight is 381 g/mol. The predicted octanol–water partition coefficient (Wildman–Crippen LogP) is 2.02. The number of piperidine rings is 1. The lowest BCUT2D eigenvalue weighted by Gasteiger charge is -2.33. The van der Waals surface area contributed by atoms with Crippen LogP contribution in [0.15, 0.2) is 48.8 Å². The average Bonchev–Trinajstić information content (AvgIpc) is 2.73. The second-order valence-electron chi connectivity index (χ2n) is 7.38. The first-order chi connectivity index (χ1) is 13.5. The van der Waals surface area contributed by atoms with Crippen LogP contribution in [-0.4, -0.2) is 47.0 Å². The lowest BCUT2D eigenvalue weighted by molar-refractivity contribution is -0.124. The molecule has 1 atom stereocenters. The second-order valence-corrected chi connectivity index (χ2v) is 7.38. The van der Waals surface area contributed by atoms with Crippen LogP contribution < -0.4 is 15.5 Å². The van der Waals surface area contributed by atoms with E-state index in [0.29, 0.717) is 5.56 Å². The maximum Gasteiger partial charge on any atom is 0.251 e. The number of benzene rings is 1. The van der Waals surface area contributed by atoms with Crippen molar-refractivity contribution in [2.45, 2.75) is 38.8 Å². The number of carbonyl (C=O) groups excluding carboxylic acids is 2. The molecule has 1 aromatic carbocycles. The minimum atomic E-state index is -0.566. The van der Waals surface area contributed by atoms with Crippen molar-refractivity contribution in [1.29, 1.82) is 0 Å². The van der Waals surface area contributed by atoms with Crippen LogP contribution in [0.4, 0.5) is 5.95 Å². The predicted molar refractivity (Wildman–Crippen MR) is 108 cm³/mol. The first-order valence-electron chi connectivity index (χ1n) is 9.73. The van der Waals surface area contributed by atoms with Gasteiger partial charge in [0.2, 0.25) is 11.9 Å². The summed E-state index contributed by atoms with van der Waals surface area (Å²) in [4.78, 5) is 35.9. The highest BCUT2D eigenvalue weighted by Crippen LogP contribution is 2.16. The van der Waals surface area contributed by atoms with Gasteiger partial charge in [0.1, 0.15) is 6.04 Å². The zero-order valence-corrected chi connectivity index (χ0v) is 16.3. The molecule has 1 aromatic heterocycles. The van der Waals surface area contributed by atoms with E-state index in [1.54, 1.807) is 30.6 Å². The molecular weight excluding hydrogens is 354 g/mol. The van der Waals surface area contributed by atoms with Gasteiger partial charge in [-0.15, -0.1) is 0 Å². The van der Waals surface area contributed by atoms with Gasteiger partial charge in [0, 0.05) is 37.1 Å². The van der Waals surface area contributed by atoms with Crippen LogP contribution >= 0.6 is 0 Å². The molecule has 1 unspecified atom stereocenters. The van der Waals surface area contributed by atoms with E-state index in [9.17, 15) is 9.59 Å². The minimum absolute atomic E-state index is 0.00882. The molecule has 1 aliphatic rings. The molecule has 2 amide bonds. The van der Waals surface area contributed by atoms with Gasteiger partial charge in [0.15, 0.2) is 0 Å². The molecule has 2 heterocycles. The number of nitrogens with zero attached hydrogens (tertiary/aromatic N) is 3. The van der Waals surface area contributed by atoms with Gasteiger partial charge in [-0.2, -0.15) is 0 Å². The van der Waals surface area contributed by atoms with E-state index < -0.39 is 6.04 Å². The minimum Gasteiger partial charge on any atom is -0.351 e. The molecule has 1 fully saturated rings. The van der Waals surface area contributed by atoms with Crippen molar-refractivity contribution < 1.29 is 9.59 Å². The quantitative estimate of drug-likeness (QED) is 0.799. The summed E-state index contributed by atoms with van der Waals surface area (Å²) in [7, 11) is 0. The highest BCUT2D eigenvalue weighted by molar-refractivity contribution is 5.97. The lowest BCUT2D eigenvalue weighted by Crippen LogP contribution is -2.54. The summed E-state index contributed by atoms with van der Waals surface area (Å²) in [6.07, 6.45) is 5.11. The molecule has 2 N–H and O–H groups in total. The standard InChI is InChI=1S/C21H27N5O2/c1-15(2)18(25-19(27)16-7-4-3-5-8-16)20(28)24-17-9-13-26(14-10-17)21-22-11-6-12-23-21/h3-8,11-12,15,17-18H,9-10,13-14H2,1-2H3,(H,24,28)(H,25,27). The molecule has 28 heavy (non-hydrogen) atoms. The van der Waals surface area contributed by atoms with Gasteiger partial charge >= 0.3 is 0 Å². The molecular formula is C21H27N5O2. The van der Waals surface area contributed by atoms with Crippen LogP contribution in [0.3, 0.4) is 0 Å². The van der Waals surface area contributed by atoms with Gasteiger partial charge < -0.3 is 15.5 Å². The summed E-state index contributed by atoms with van der Waals surface area (Å²) in [5.74, 6) is 0.354.